The third-order valence-electron chi connectivity index (χ3n) is 5.65. The fourth-order valence-electron chi connectivity index (χ4n) is 4.20. The van der Waals surface area contributed by atoms with Gasteiger partial charge in [0.2, 0.25) is 0 Å². The first-order chi connectivity index (χ1) is 15.6. The summed E-state index contributed by atoms with van der Waals surface area (Å²) in [6.07, 6.45) is 3.43. The Balaban J connectivity index is 2.04. The number of rotatable bonds is 8. The molecule has 0 aliphatic carbocycles. The summed E-state index contributed by atoms with van der Waals surface area (Å²) >= 11 is 0. The zero-order valence-electron chi connectivity index (χ0n) is 18.4. The minimum Gasteiger partial charge on any atom is -0.507 e. The second kappa shape index (κ2) is 9.38. The highest BCUT2D eigenvalue weighted by Crippen LogP contribution is 2.45. The van der Waals surface area contributed by atoms with Gasteiger partial charge in [-0.2, -0.15) is 0 Å². The molecule has 0 aliphatic rings. The summed E-state index contributed by atoms with van der Waals surface area (Å²) in [5.41, 5.74) is 2.38. The number of nitrogens with zero attached hydrogens (tertiary/aromatic N) is 1. The fraction of sp³-hybridized carbons (Fsp3) is 0.280. The minimum absolute atomic E-state index is 0.108. The van der Waals surface area contributed by atoms with Gasteiger partial charge in [-0.3, -0.25) is 4.98 Å². The number of furan rings is 1. The van der Waals surface area contributed by atoms with Gasteiger partial charge in [0.1, 0.15) is 22.7 Å². The van der Waals surface area contributed by atoms with Crippen LogP contribution in [0.3, 0.4) is 0 Å². The number of pyridine rings is 1. The third kappa shape index (κ3) is 3.81. The lowest BCUT2D eigenvalue weighted by Crippen LogP contribution is -2.31. The monoisotopic (exact) mass is 433 g/mol. The summed E-state index contributed by atoms with van der Waals surface area (Å²) in [6.45, 7) is 6.06. The number of carbonyl (C=O) groups is 1. The first-order valence-electron chi connectivity index (χ1n) is 10.7. The number of aromatic nitrogens is 1. The predicted octanol–water partition coefficient (Wildman–Crippen LogP) is 4.07. The number of nitrogens with one attached hydrogen (secondary N) is 2. The third-order valence-corrected chi connectivity index (χ3v) is 5.65. The van der Waals surface area contributed by atoms with E-state index in [1.165, 1.54) is 7.11 Å². The van der Waals surface area contributed by atoms with Crippen molar-refractivity contribution in [1.82, 2.24) is 15.6 Å². The summed E-state index contributed by atoms with van der Waals surface area (Å²) in [5, 5.41) is 20.3. The van der Waals surface area contributed by atoms with Gasteiger partial charge in [0.05, 0.1) is 13.2 Å². The molecule has 1 unspecified atom stereocenters. The van der Waals surface area contributed by atoms with Gasteiger partial charge in [-0.1, -0.05) is 31.2 Å². The van der Waals surface area contributed by atoms with Gasteiger partial charge in [0.25, 0.3) is 0 Å². The van der Waals surface area contributed by atoms with Gasteiger partial charge >= 0.3 is 5.97 Å². The Bertz CT molecular complexity index is 1250. The van der Waals surface area contributed by atoms with Crippen molar-refractivity contribution < 1.29 is 19.1 Å². The second-order valence-corrected chi connectivity index (χ2v) is 7.56. The average molecular weight is 434 g/mol. The summed E-state index contributed by atoms with van der Waals surface area (Å²) in [6, 6.07) is 10.9. The highest BCUT2D eigenvalue weighted by molar-refractivity contribution is 6.16. The molecule has 2 aromatic heterocycles. The topological polar surface area (TPSA) is 96.6 Å². The Morgan fingerprint density at radius 2 is 1.88 bits per heavy atom. The van der Waals surface area contributed by atoms with E-state index in [1.54, 1.807) is 19.3 Å². The van der Waals surface area contributed by atoms with Crippen LogP contribution in [0, 0.1) is 6.92 Å². The van der Waals surface area contributed by atoms with Crippen LogP contribution in [0.2, 0.25) is 0 Å². The van der Waals surface area contributed by atoms with E-state index in [2.05, 4.69) is 22.5 Å². The molecular weight excluding hydrogens is 406 g/mol. The van der Waals surface area contributed by atoms with E-state index < -0.39 is 12.0 Å². The number of methoxy groups -OCH3 is 1. The molecule has 4 aromatic rings. The molecule has 0 fully saturated rings. The molecule has 3 N–H and O–H groups in total. The number of phenolic OH excluding ortho intramolecular Hbond substituents is 1. The van der Waals surface area contributed by atoms with E-state index in [0.717, 1.165) is 24.0 Å². The zero-order chi connectivity index (χ0) is 22.7. The van der Waals surface area contributed by atoms with Crippen LogP contribution in [0.25, 0.3) is 21.7 Å². The molecule has 0 aliphatic heterocycles. The quantitative estimate of drug-likeness (QED) is 0.285. The van der Waals surface area contributed by atoms with Gasteiger partial charge in [-0.25, -0.2) is 4.79 Å². The summed E-state index contributed by atoms with van der Waals surface area (Å²) in [4.78, 5) is 16.9. The van der Waals surface area contributed by atoms with Crippen LogP contribution in [0.15, 0.2) is 53.2 Å². The molecule has 0 bridgehead atoms. The molecule has 0 saturated carbocycles. The van der Waals surface area contributed by atoms with E-state index in [-0.39, 0.29) is 5.75 Å². The van der Waals surface area contributed by atoms with Gasteiger partial charge < -0.3 is 24.9 Å². The Kier molecular flexibility index (Phi) is 6.39. The highest BCUT2D eigenvalue weighted by Gasteiger charge is 2.30. The SMILES string of the molecule is CCNCCNC(c1ccncc1)c1c(O)c2ccccc2c2oc(C)c(C(=O)OC)c12. The minimum atomic E-state index is -0.502. The molecule has 0 radical (unpaired) electrons. The number of aryl methyl sites for hydroxylation is 1. The standard InChI is InChI=1S/C25H27N3O4/c1-4-26-13-14-28-22(16-9-11-27-12-10-16)21-20-19(25(30)31-3)15(2)32-24(20)18-8-6-5-7-17(18)23(21)29/h5-12,22,26,28-29H,4,13-14H2,1-3H3. The lowest BCUT2D eigenvalue weighted by molar-refractivity contribution is 0.0600. The zero-order valence-corrected chi connectivity index (χ0v) is 18.4. The van der Waals surface area contributed by atoms with E-state index in [9.17, 15) is 9.90 Å². The lowest BCUT2D eigenvalue weighted by Gasteiger charge is -2.23. The number of phenols is 1. The molecule has 1 atom stereocenters. The molecule has 0 amide bonds. The van der Waals surface area contributed by atoms with Crippen LogP contribution in [0.1, 0.15) is 40.2 Å². The van der Waals surface area contributed by atoms with Gasteiger partial charge in [0, 0.05) is 47.2 Å². The predicted molar refractivity (Wildman–Crippen MR) is 124 cm³/mol. The maximum absolute atomic E-state index is 12.8. The number of benzene rings is 2. The van der Waals surface area contributed by atoms with Gasteiger partial charge in [-0.15, -0.1) is 0 Å². The summed E-state index contributed by atoms with van der Waals surface area (Å²) < 4.78 is 11.2. The van der Waals surface area contributed by atoms with Crippen molar-refractivity contribution in [2.75, 3.05) is 26.7 Å². The number of esters is 1. The smallest absolute Gasteiger partial charge is 0.342 e. The van der Waals surface area contributed by atoms with Crippen molar-refractivity contribution in [3.8, 4) is 5.75 Å². The normalized spacial score (nSPS) is 12.3. The number of aromatic hydroxyl groups is 1. The fourth-order valence-corrected chi connectivity index (χ4v) is 4.20. The molecule has 2 heterocycles. The number of fused-ring (bicyclic) bond motifs is 3. The average Bonchev–Trinajstić information content (AvgIpc) is 3.17. The van der Waals surface area contributed by atoms with Crippen molar-refractivity contribution >= 4 is 27.7 Å². The highest BCUT2D eigenvalue weighted by atomic mass is 16.5. The van der Waals surface area contributed by atoms with Crippen molar-refractivity contribution in [3.63, 3.8) is 0 Å². The van der Waals surface area contributed by atoms with E-state index in [0.29, 0.717) is 39.8 Å². The Labute approximate surface area is 186 Å². The molecular formula is C25H27N3O4. The molecule has 7 heteroatoms. The number of carbonyl (C=O) groups excluding carboxylic acids is 1. The first kappa shape index (κ1) is 21.8. The molecule has 2 aromatic carbocycles. The van der Waals surface area contributed by atoms with Crippen LogP contribution in [0.5, 0.6) is 5.75 Å². The second-order valence-electron chi connectivity index (χ2n) is 7.56. The van der Waals surface area contributed by atoms with Crippen LogP contribution in [0.4, 0.5) is 0 Å². The van der Waals surface area contributed by atoms with Crippen molar-refractivity contribution in [3.05, 3.63) is 71.2 Å². The molecule has 4 rings (SSSR count). The summed E-state index contributed by atoms with van der Waals surface area (Å²) in [5.74, 6) is 0.0557. The number of hydrogen-bond donors (Lipinski definition) is 3. The molecule has 166 valence electrons. The van der Waals surface area contributed by atoms with Crippen molar-refractivity contribution in [2.45, 2.75) is 19.9 Å². The van der Waals surface area contributed by atoms with E-state index in [4.69, 9.17) is 9.15 Å². The largest absolute Gasteiger partial charge is 0.507 e. The molecule has 7 nitrogen and oxygen atoms in total. The molecule has 0 spiro atoms. The van der Waals surface area contributed by atoms with Gasteiger partial charge in [0.15, 0.2) is 0 Å². The number of ether oxygens (including phenoxy) is 1. The maximum Gasteiger partial charge on any atom is 0.342 e. The number of hydrogen-bond acceptors (Lipinski definition) is 7. The first-order valence-corrected chi connectivity index (χ1v) is 10.7. The summed E-state index contributed by atoms with van der Waals surface area (Å²) in [7, 11) is 1.34. The van der Waals surface area contributed by atoms with Crippen LogP contribution >= 0.6 is 0 Å². The van der Waals surface area contributed by atoms with Crippen LogP contribution < -0.4 is 10.6 Å². The number of likely N-dealkylation sites (N-methyl/N-ethyl adjacent to an activating group) is 1. The van der Waals surface area contributed by atoms with E-state index >= 15 is 0 Å². The Morgan fingerprint density at radius 3 is 2.56 bits per heavy atom. The Morgan fingerprint density at radius 1 is 1.16 bits per heavy atom. The van der Waals surface area contributed by atoms with E-state index in [1.807, 2.05) is 36.4 Å². The van der Waals surface area contributed by atoms with Gasteiger partial charge in [-0.05, 0) is 31.2 Å². The lowest BCUT2D eigenvalue weighted by atomic mass is 9.90. The molecule has 32 heavy (non-hydrogen) atoms. The Hall–Kier alpha value is -3.42. The van der Waals surface area contributed by atoms with Crippen LogP contribution in [-0.2, 0) is 4.74 Å². The van der Waals surface area contributed by atoms with Crippen molar-refractivity contribution in [1.29, 1.82) is 0 Å². The van der Waals surface area contributed by atoms with Crippen molar-refractivity contribution in [2.24, 2.45) is 0 Å². The maximum atomic E-state index is 12.8. The van der Waals surface area contributed by atoms with Crippen LogP contribution in [-0.4, -0.2) is 42.8 Å². The molecule has 0 saturated heterocycles.